The number of sulfonamides is 1. The molecule has 9 heteroatoms. The fourth-order valence-corrected chi connectivity index (χ4v) is 4.39. The number of aromatic nitrogens is 2. The van der Waals surface area contributed by atoms with E-state index in [0.29, 0.717) is 44.2 Å². The lowest BCUT2D eigenvalue weighted by molar-refractivity contribution is 0.177. The molecule has 2 saturated heterocycles. The third-order valence-electron chi connectivity index (χ3n) is 5.07. The molecule has 0 radical (unpaired) electrons. The van der Waals surface area contributed by atoms with Crippen molar-refractivity contribution in [2.75, 3.05) is 30.9 Å². The van der Waals surface area contributed by atoms with E-state index in [-0.39, 0.29) is 24.0 Å². The van der Waals surface area contributed by atoms with Crippen molar-refractivity contribution < 1.29 is 17.9 Å². The summed E-state index contributed by atoms with van der Waals surface area (Å²) in [6.07, 6.45) is 2.21. The summed E-state index contributed by atoms with van der Waals surface area (Å²) in [4.78, 5) is 23.0. The van der Waals surface area contributed by atoms with Gasteiger partial charge in [-0.05, 0) is 25.7 Å². The van der Waals surface area contributed by atoms with Crippen LogP contribution in [0.3, 0.4) is 0 Å². The number of nitrogens with zero attached hydrogens (tertiary/aromatic N) is 4. The molecular weight excluding hydrogens is 356 g/mol. The summed E-state index contributed by atoms with van der Waals surface area (Å²) in [5, 5.41) is 0. The van der Waals surface area contributed by atoms with Gasteiger partial charge in [0.25, 0.3) is 0 Å². The van der Waals surface area contributed by atoms with Crippen molar-refractivity contribution >= 4 is 21.9 Å². The second-order valence-corrected chi connectivity index (χ2v) is 9.40. The minimum Gasteiger partial charge on any atom is -0.447 e. The van der Waals surface area contributed by atoms with Gasteiger partial charge in [-0.2, -0.15) is 0 Å². The molecule has 2 aliphatic heterocycles. The highest BCUT2D eigenvalue weighted by Gasteiger charge is 2.38. The average Bonchev–Trinajstić information content (AvgIpc) is 2.95. The van der Waals surface area contributed by atoms with Gasteiger partial charge in [-0.1, -0.05) is 13.8 Å². The molecule has 0 unspecified atom stereocenters. The van der Waals surface area contributed by atoms with Crippen molar-refractivity contribution in [2.45, 2.75) is 45.6 Å². The van der Waals surface area contributed by atoms with Crippen molar-refractivity contribution in [2.24, 2.45) is 5.92 Å². The third kappa shape index (κ3) is 3.83. The Hall–Kier alpha value is -1.74. The Morgan fingerprint density at radius 3 is 2.46 bits per heavy atom. The molecule has 1 aromatic rings. The van der Waals surface area contributed by atoms with Gasteiger partial charge in [0.2, 0.25) is 10.0 Å². The van der Waals surface area contributed by atoms with Crippen LogP contribution < -0.4 is 4.90 Å². The zero-order valence-corrected chi connectivity index (χ0v) is 16.5. The van der Waals surface area contributed by atoms with E-state index in [2.05, 4.69) is 23.8 Å². The van der Waals surface area contributed by atoms with Crippen molar-refractivity contribution in [3.05, 3.63) is 17.6 Å². The van der Waals surface area contributed by atoms with Crippen molar-refractivity contribution in [3.8, 4) is 0 Å². The maximum Gasteiger partial charge on any atom is 0.415 e. The number of carbonyl (C=O) groups excluding carboxylic acids is 1. The summed E-state index contributed by atoms with van der Waals surface area (Å²) in [6, 6.07) is 1.76. The molecule has 0 spiro atoms. The molecule has 0 aliphatic carbocycles. The largest absolute Gasteiger partial charge is 0.447 e. The number of hydrogen-bond donors (Lipinski definition) is 0. The molecule has 0 N–H and O–H groups in total. The smallest absolute Gasteiger partial charge is 0.415 e. The number of piperidine rings is 1. The lowest BCUT2D eigenvalue weighted by Gasteiger charge is -2.30. The third-order valence-corrected chi connectivity index (χ3v) is 6.37. The average molecular weight is 382 g/mol. The van der Waals surface area contributed by atoms with Gasteiger partial charge in [0.1, 0.15) is 18.2 Å². The van der Waals surface area contributed by atoms with Crippen LogP contribution in [0.5, 0.6) is 0 Å². The van der Waals surface area contributed by atoms with Gasteiger partial charge in [-0.3, -0.25) is 4.90 Å². The topological polar surface area (TPSA) is 92.7 Å². The second-order valence-electron chi connectivity index (χ2n) is 7.42. The van der Waals surface area contributed by atoms with Gasteiger partial charge in [0, 0.05) is 30.8 Å². The van der Waals surface area contributed by atoms with E-state index < -0.39 is 10.0 Å². The maximum atomic E-state index is 12.2. The summed E-state index contributed by atoms with van der Waals surface area (Å²) in [5.74, 6) is 1.58. The lowest BCUT2D eigenvalue weighted by Crippen LogP contribution is -2.39. The van der Waals surface area contributed by atoms with Crippen molar-refractivity contribution in [1.82, 2.24) is 14.3 Å². The fraction of sp³-hybridized carbons (Fsp3) is 0.706. The van der Waals surface area contributed by atoms with E-state index in [4.69, 9.17) is 4.74 Å². The molecule has 144 valence electrons. The van der Waals surface area contributed by atoms with E-state index in [1.807, 2.05) is 6.92 Å². The normalized spacial score (nSPS) is 22.9. The first kappa shape index (κ1) is 19.0. The van der Waals surface area contributed by atoms with Crippen LogP contribution in [0, 0.1) is 12.8 Å². The van der Waals surface area contributed by atoms with Crippen LogP contribution in [0.15, 0.2) is 6.07 Å². The highest BCUT2D eigenvalue weighted by molar-refractivity contribution is 7.88. The van der Waals surface area contributed by atoms with Crippen molar-refractivity contribution in [1.29, 1.82) is 0 Å². The quantitative estimate of drug-likeness (QED) is 0.790. The standard InChI is InChI=1S/C17H26N4O4S/c1-11(2)14-10-25-17(22)21(14)15-9-12(3)18-16(19-15)13-5-7-20(8-6-13)26(4,23)24/h9,11,13-14H,5-8,10H2,1-4H3/t14-/m0/s1. The molecule has 26 heavy (non-hydrogen) atoms. The summed E-state index contributed by atoms with van der Waals surface area (Å²) < 4.78 is 30.1. The molecule has 1 atom stereocenters. The predicted molar refractivity (Wildman–Crippen MR) is 97.6 cm³/mol. The summed E-state index contributed by atoms with van der Waals surface area (Å²) >= 11 is 0. The summed E-state index contributed by atoms with van der Waals surface area (Å²) in [5.41, 5.74) is 0.790. The van der Waals surface area contributed by atoms with Gasteiger partial charge in [0.15, 0.2) is 0 Å². The first-order valence-electron chi connectivity index (χ1n) is 8.93. The molecule has 0 saturated carbocycles. The SMILES string of the molecule is Cc1cc(N2C(=O)OC[C@H]2C(C)C)nc(C2CCN(S(C)(=O)=O)CC2)n1. The Bertz CT molecular complexity index is 788. The Morgan fingerprint density at radius 1 is 1.23 bits per heavy atom. The molecular formula is C17H26N4O4S. The van der Waals surface area contributed by atoms with E-state index in [0.717, 1.165) is 5.69 Å². The number of ether oxygens (including phenoxy) is 1. The summed E-state index contributed by atoms with van der Waals surface area (Å²) in [6.45, 7) is 7.28. The Labute approximate surface area is 154 Å². The second kappa shape index (κ2) is 7.11. The first-order chi connectivity index (χ1) is 12.2. The molecule has 2 fully saturated rings. The number of rotatable bonds is 4. The number of hydrogen-bond acceptors (Lipinski definition) is 6. The molecule has 3 heterocycles. The van der Waals surface area contributed by atoms with E-state index in [1.165, 1.54) is 10.6 Å². The van der Waals surface area contributed by atoms with Gasteiger partial charge in [-0.25, -0.2) is 27.5 Å². The van der Waals surface area contributed by atoms with E-state index >= 15 is 0 Å². The number of cyclic esters (lactones) is 1. The van der Waals surface area contributed by atoms with Crippen LogP contribution in [0.4, 0.5) is 10.6 Å². The van der Waals surface area contributed by atoms with E-state index in [1.54, 1.807) is 11.0 Å². The highest BCUT2D eigenvalue weighted by Crippen LogP contribution is 2.31. The van der Waals surface area contributed by atoms with Crippen LogP contribution in [0.25, 0.3) is 0 Å². The highest BCUT2D eigenvalue weighted by atomic mass is 32.2. The summed E-state index contributed by atoms with van der Waals surface area (Å²) in [7, 11) is -3.16. The molecule has 0 bridgehead atoms. The number of aryl methyl sites for hydroxylation is 1. The maximum absolute atomic E-state index is 12.2. The molecule has 1 amide bonds. The Balaban J connectivity index is 1.84. The Morgan fingerprint density at radius 2 is 1.88 bits per heavy atom. The van der Waals surface area contributed by atoms with Crippen LogP contribution in [0.1, 0.15) is 44.1 Å². The van der Waals surface area contributed by atoms with Crippen molar-refractivity contribution in [3.63, 3.8) is 0 Å². The van der Waals surface area contributed by atoms with Crippen LogP contribution in [0.2, 0.25) is 0 Å². The van der Waals surface area contributed by atoms with Gasteiger partial charge in [-0.15, -0.1) is 0 Å². The molecule has 0 aromatic carbocycles. The van der Waals surface area contributed by atoms with Gasteiger partial charge in [0.05, 0.1) is 12.3 Å². The van der Waals surface area contributed by atoms with Crippen LogP contribution in [-0.4, -0.2) is 60.8 Å². The van der Waals surface area contributed by atoms with Crippen LogP contribution in [-0.2, 0) is 14.8 Å². The first-order valence-corrected chi connectivity index (χ1v) is 10.8. The molecule has 2 aliphatic rings. The number of amides is 1. The molecule has 1 aromatic heterocycles. The lowest BCUT2D eigenvalue weighted by atomic mass is 9.97. The van der Waals surface area contributed by atoms with Gasteiger partial charge < -0.3 is 4.74 Å². The predicted octanol–water partition coefficient (Wildman–Crippen LogP) is 1.91. The Kier molecular flexibility index (Phi) is 5.21. The minimum atomic E-state index is -3.16. The van der Waals surface area contributed by atoms with E-state index in [9.17, 15) is 13.2 Å². The molecule has 3 rings (SSSR count). The monoisotopic (exact) mass is 382 g/mol. The zero-order valence-electron chi connectivity index (χ0n) is 15.7. The zero-order chi connectivity index (χ0) is 19.1. The number of carbonyl (C=O) groups is 1. The molecule has 8 nitrogen and oxygen atoms in total. The fourth-order valence-electron chi connectivity index (χ4n) is 3.52. The number of anilines is 1. The van der Waals surface area contributed by atoms with Crippen LogP contribution >= 0.6 is 0 Å². The van der Waals surface area contributed by atoms with Gasteiger partial charge >= 0.3 is 6.09 Å². The minimum absolute atomic E-state index is 0.0447.